The summed E-state index contributed by atoms with van der Waals surface area (Å²) in [6.45, 7) is 4.27. The van der Waals surface area contributed by atoms with E-state index in [0.29, 0.717) is 5.17 Å². The monoisotopic (exact) mass is 288 g/mol. The molecule has 19 heavy (non-hydrogen) atoms. The van der Waals surface area contributed by atoms with E-state index >= 15 is 0 Å². The number of halogens is 2. The van der Waals surface area contributed by atoms with Gasteiger partial charge in [-0.05, 0) is 37.5 Å². The molecule has 0 aromatic carbocycles. The van der Waals surface area contributed by atoms with E-state index in [2.05, 4.69) is 17.2 Å². The molecule has 0 aromatic rings. The quantitative estimate of drug-likeness (QED) is 0.849. The van der Waals surface area contributed by atoms with Gasteiger partial charge in [0, 0.05) is 13.0 Å². The van der Waals surface area contributed by atoms with Gasteiger partial charge < -0.3 is 5.32 Å². The van der Waals surface area contributed by atoms with E-state index < -0.39 is 16.6 Å². The second-order valence-corrected chi connectivity index (χ2v) is 7.83. The topological polar surface area (TPSA) is 41.5 Å². The van der Waals surface area contributed by atoms with E-state index in [9.17, 15) is 13.6 Å². The Kier molecular flexibility index (Phi) is 2.61. The molecule has 1 heterocycles. The lowest BCUT2D eigenvalue weighted by molar-refractivity contribution is -0.128. The largest absolute Gasteiger partial charge is 0.361 e. The van der Waals surface area contributed by atoms with Gasteiger partial charge >= 0.3 is 0 Å². The standard InChI is InChI=1S/C13H18F2N2OS/c1-11-5-4-7(11)6-8(11)16-10-17-9(18)12(2,19-10)13(3,14)15/h7-8H,4-6H2,1-3H3,(H,16,17,18)/t7-,8-,11?,12-/m0/s1. The van der Waals surface area contributed by atoms with Gasteiger partial charge in [-0.2, -0.15) is 4.99 Å². The number of amides is 1. The first-order valence-corrected chi connectivity index (χ1v) is 7.45. The number of carbonyl (C=O) groups excluding carboxylic acids is 1. The maximum atomic E-state index is 13.6. The summed E-state index contributed by atoms with van der Waals surface area (Å²) in [7, 11) is 0. The number of hydrogen-bond donors (Lipinski definition) is 1. The fourth-order valence-corrected chi connectivity index (χ4v) is 4.24. The summed E-state index contributed by atoms with van der Waals surface area (Å²) in [6, 6.07) is 0.276. The fraction of sp³-hybridized carbons (Fsp3) is 0.846. The van der Waals surface area contributed by atoms with E-state index in [1.807, 2.05) is 0 Å². The first-order valence-electron chi connectivity index (χ1n) is 6.63. The van der Waals surface area contributed by atoms with Crippen molar-refractivity contribution in [2.24, 2.45) is 16.3 Å². The fourth-order valence-electron chi connectivity index (χ4n) is 3.21. The summed E-state index contributed by atoms with van der Waals surface area (Å²) in [5.74, 6) is -3.06. The molecule has 0 radical (unpaired) electrons. The summed E-state index contributed by atoms with van der Waals surface area (Å²) in [5, 5.41) is 3.57. The molecule has 1 unspecified atom stereocenters. The van der Waals surface area contributed by atoms with Gasteiger partial charge in [-0.3, -0.25) is 4.79 Å². The molecule has 1 amide bonds. The lowest BCUT2D eigenvalue weighted by Crippen LogP contribution is -2.64. The molecule has 2 saturated carbocycles. The lowest BCUT2D eigenvalue weighted by atomic mass is 9.46. The van der Waals surface area contributed by atoms with Gasteiger partial charge in [-0.1, -0.05) is 18.7 Å². The zero-order valence-corrected chi connectivity index (χ0v) is 12.1. The van der Waals surface area contributed by atoms with Gasteiger partial charge in [0.15, 0.2) is 9.91 Å². The van der Waals surface area contributed by atoms with Crippen LogP contribution in [0, 0.1) is 11.3 Å². The molecule has 3 aliphatic rings. The number of carbonyl (C=O) groups is 1. The highest BCUT2D eigenvalue weighted by Gasteiger charge is 2.60. The zero-order chi connectivity index (χ0) is 14.1. The van der Waals surface area contributed by atoms with Crippen LogP contribution in [0.2, 0.25) is 0 Å². The van der Waals surface area contributed by atoms with Gasteiger partial charge in [0.2, 0.25) is 0 Å². The molecule has 0 saturated heterocycles. The van der Waals surface area contributed by atoms with Crippen molar-refractivity contribution in [3.05, 3.63) is 0 Å². The molecule has 6 heteroatoms. The molecular weight excluding hydrogens is 270 g/mol. The van der Waals surface area contributed by atoms with Gasteiger partial charge in [0.25, 0.3) is 11.8 Å². The Labute approximate surface area is 115 Å². The van der Waals surface area contributed by atoms with Crippen molar-refractivity contribution in [2.45, 2.75) is 56.7 Å². The van der Waals surface area contributed by atoms with Crippen molar-refractivity contribution in [1.29, 1.82) is 0 Å². The summed E-state index contributed by atoms with van der Waals surface area (Å²) in [5.41, 5.74) is 0.278. The number of aliphatic imine (C=N–C) groups is 1. The van der Waals surface area contributed by atoms with Crippen LogP contribution in [-0.2, 0) is 4.79 Å². The number of nitrogens with zero attached hydrogens (tertiary/aromatic N) is 1. The van der Waals surface area contributed by atoms with E-state index in [4.69, 9.17) is 0 Å². The predicted octanol–water partition coefficient (Wildman–Crippen LogP) is 2.81. The van der Waals surface area contributed by atoms with Crippen molar-refractivity contribution in [1.82, 2.24) is 5.32 Å². The Morgan fingerprint density at radius 3 is 2.53 bits per heavy atom. The molecule has 106 valence electrons. The number of alkyl halides is 2. The maximum Gasteiger partial charge on any atom is 0.270 e. The van der Waals surface area contributed by atoms with Crippen LogP contribution in [0.4, 0.5) is 8.78 Å². The Morgan fingerprint density at radius 1 is 1.47 bits per heavy atom. The third-order valence-corrected chi connectivity index (χ3v) is 6.67. The van der Waals surface area contributed by atoms with Crippen LogP contribution in [0.15, 0.2) is 4.99 Å². The Bertz CT molecular complexity index is 476. The van der Waals surface area contributed by atoms with Crippen LogP contribution < -0.4 is 5.32 Å². The van der Waals surface area contributed by atoms with Gasteiger partial charge in [-0.25, -0.2) is 8.78 Å². The van der Waals surface area contributed by atoms with Crippen molar-refractivity contribution >= 4 is 22.8 Å². The third-order valence-electron chi connectivity index (χ3n) is 5.33. The van der Waals surface area contributed by atoms with E-state index in [-0.39, 0.29) is 11.5 Å². The van der Waals surface area contributed by atoms with E-state index in [0.717, 1.165) is 31.0 Å². The number of thioether (sulfide) groups is 1. The molecule has 0 aromatic heterocycles. The van der Waals surface area contributed by atoms with Crippen LogP contribution in [0.5, 0.6) is 0 Å². The van der Waals surface area contributed by atoms with Crippen molar-refractivity contribution in [2.75, 3.05) is 0 Å². The number of hydrogen-bond acceptors (Lipinski definition) is 3. The highest BCUT2D eigenvalue weighted by atomic mass is 32.2. The highest BCUT2D eigenvalue weighted by Crippen LogP contribution is 2.61. The second-order valence-electron chi connectivity index (χ2n) is 6.42. The van der Waals surface area contributed by atoms with Gasteiger partial charge in [-0.15, -0.1) is 0 Å². The smallest absolute Gasteiger partial charge is 0.270 e. The number of nitrogens with one attached hydrogen (secondary N) is 1. The van der Waals surface area contributed by atoms with Crippen LogP contribution in [-0.4, -0.2) is 27.8 Å². The Balaban J connectivity index is 1.69. The molecule has 1 N–H and O–H groups in total. The lowest BCUT2D eigenvalue weighted by Gasteiger charge is -2.62. The summed E-state index contributed by atoms with van der Waals surface area (Å²) >= 11 is 0.871. The average Bonchev–Trinajstić information content (AvgIpc) is 2.59. The predicted molar refractivity (Wildman–Crippen MR) is 71.4 cm³/mol. The molecule has 0 spiro atoms. The molecule has 2 aliphatic carbocycles. The minimum atomic E-state index is -3.08. The SMILES string of the molecule is CC12CC[C@H]1C[C@@H]2NC1=NC(=O)[C@@](C)(C(C)(F)F)S1. The van der Waals surface area contributed by atoms with Gasteiger partial charge in [0.1, 0.15) is 0 Å². The van der Waals surface area contributed by atoms with Crippen LogP contribution >= 0.6 is 11.8 Å². The van der Waals surface area contributed by atoms with Crippen molar-refractivity contribution in [3.8, 4) is 0 Å². The first kappa shape index (κ1) is 13.3. The van der Waals surface area contributed by atoms with Crippen LogP contribution in [0.3, 0.4) is 0 Å². The number of rotatable bonds is 2. The van der Waals surface area contributed by atoms with E-state index in [1.165, 1.54) is 19.8 Å². The molecule has 4 atom stereocenters. The van der Waals surface area contributed by atoms with Crippen LogP contribution in [0.1, 0.15) is 40.0 Å². The molecular formula is C13H18F2N2OS. The minimum Gasteiger partial charge on any atom is -0.361 e. The summed E-state index contributed by atoms with van der Waals surface area (Å²) < 4.78 is 25.3. The maximum absolute atomic E-state index is 13.6. The number of fused-ring (bicyclic) bond motifs is 1. The van der Waals surface area contributed by atoms with E-state index in [1.54, 1.807) is 0 Å². The average molecular weight is 288 g/mol. The Morgan fingerprint density at radius 2 is 2.16 bits per heavy atom. The molecule has 1 aliphatic heterocycles. The molecule has 3 rings (SSSR count). The highest BCUT2D eigenvalue weighted by molar-refractivity contribution is 8.16. The van der Waals surface area contributed by atoms with Crippen molar-refractivity contribution in [3.63, 3.8) is 0 Å². The normalized spacial score (nSPS) is 45.1. The summed E-state index contributed by atoms with van der Waals surface area (Å²) in [4.78, 5) is 15.5. The van der Waals surface area contributed by atoms with Crippen molar-refractivity contribution < 1.29 is 13.6 Å². The minimum absolute atomic E-state index is 0.276. The van der Waals surface area contributed by atoms with Crippen LogP contribution in [0.25, 0.3) is 0 Å². The molecule has 2 fully saturated rings. The zero-order valence-electron chi connectivity index (χ0n) is 11.3. The second kappa shape index (κ2) is 3.71. The number of amidine groups is 1. The van der Waals surface area contributed by atoms with Gasteiger partial charge in [0.05, 0.1) is 0 Å². The third kappa shape index (κ3) is 1.68. The molecule has 3 nitrogen and oxygen atoms in total. The molecule has 0 bridgehead atoms. The summed E-state index contributed by atoms with van der Waals surface area (Å²) in [6.07, 6.45) is 3.49. The Hall–Kier alpha value is -0.650. The first-order chi connectivity index (χ1) is 8.67.